The van der Waals surface area contributed by atoms with Crippen LogP contribution in [0.3, 0.4) is 0 Å². The standard InChI is InChI=1S/C15H23ClSi2/c1-17(2,3)15(18(4,5)6)12-11-13-9-7-8-10-14(13)16/h7-11H,1-6H3. The molecular weight excluding hydrogens is 272 g/mol. The van der Waals surface area contributed by atoms with Crippen molar-refractivity contribution in [2.75, 3.05) is 0 Å². The van der Waals surface area contributed by atoms with Crippen LogP contribution in [0.5, 0.6) is 0 Å². The fraction of sp³-hybridized carbons (Fsp3) is 0.400. The fourth-order valence-corrected chi connectivity index (χ4v) is 12.5. The first kappa shape index (κ1) is 15.5. The second kappa shape index (κ2) is 5.62. The largest absolute Gasteiger partial charge is 0.130 e. The maximum absolute atomic E-state index is 6.18. The van der Waals surface area contributed by atoms with E-state index in [9.17, 15) is 0 Å². The molecule has 0 N–H and O–H groups in total. The molecular formula is C15H23ClSi2. The van der Waals surface area contributed by atoms with Gasteiger partial charge >= 0.3 is 0 Å². The van der Waals surface area contributed by atoms with Gasteiger partial charge in [-0.05, 0) is 12.1 Å². The topological polar surface area (TPSA) is 0 Å². The average molecular weight is 295 g/mol. The molecule has 0 aliphatic rings. The highest BCUT2D eigenvalue weighted by Gasteiger charge is 2.30. The minimum Gasteiger partial charge on any atom is -0.130 e. The first-order valence-electron chi connectivity index (χ1n) is 6.34. The highest BCUT2D eigenvalue weighted by Crippen LogP contribution is 2.25. The molecule has 0 spiro atoms. The molecule has 0 atom stereocenters. The van der Waals surface area contributed by atoms with Crippen LogP contribution in [-0.4, -0.2) is 16.1 Å². The van der Waals surface area contributed by atoms with Crippen LogP contribution >= 0.6 is 11.6 Å². The lowest BCUT2D eigenvalue weighted by Gasteiger charge is -2.29. The van der Waals surface area contributed by atoms with Gasteiger partial charge in [0.2, 0.25) is 0 Å². The molecule has 0 saturated carbocycles. The minimum absolute atomic E-state index is 0.801. The van der Waals surface area contributed by atoms with E-state index in [1.165, 1.54) is 0 Å². The van der Waals surface area contributed by atoms with Crippen LogP contribution in [-0.2, 0) is 0 Å². The van der Waals surface area contributed by atoms with Gasteiger partial charge in [0.05, 0.1) is 16.1 Å². The zero-order valence-electron chi connectivity index (χ0n) is 12.3. The third-order valence-corrected chi connectivity index (χ3v) is 10.9. The zero-order valence-corrected chi connectivity index (χ0v) is 15.0. The summed E-state index contributed by atoms with van der Waals surface area (Å²) in [5.74, 6) is 0. The van der Waals surface area contributed by atoms with E-state index in [4.69, 9.17) is 11.6 Å². The molecule has 0 unspecified atom stereocenters. The summed E-state index contributed by atoms with van der Waals surface area (Å²) in [6.45, 7) is 14.4. The van der Waals surface area contributed by atoms with Crippen molar-refractivity contribution in [3.63, 3.8) is 0 Å². The summed E-state index contributed by atoms with van der Waals surface area (Å²) in [6, 6.07) is 7.95. The molecule has 18 heavy (non-hydrogen) atoms. The van der Waals surface area contributed by atoms with Crippen LogP contribution in [0.25, 0.3) is 6.08 Å². The molecule has 0 aliphatic heterocycles. The summed E-state index contributed by atoms with van der Waals surface area (Å²) in [4.78, 5) is 1.58. The van der Waals surface area contributed by atoms with E-state index in [2.05, 4.69) is 51.1 Å². The lowest BCUT2D eigenvalue weighted by molar-refractivity contribution is 1.63. The SMILES string of the molecule is C[Si](C)(C)C(=C=Cc1ccccc1Cl)[Si](C)(C)C. The van der Waals surface area contributed by atoms with Gasteiger partial charge in [0.1, 0.15) is 0 Å². The number of benzene rings is 1. The molecule has 1 aromatic carbocycles. The van der Waals surface area contributed by atoms with E-state index in [1.807, 2.05) is 24.3 Å². The van der Waals surface area contributed by atoms with Crippen molar-refractivity contribution >= 4 is 33.8 Å². The predicted octanol–water partition coefficient (Wildman–Crippen LogP) is 5.63. The Morgan fingerprint density at radius 2 is 1.50 bits per heavy atom. The van der Waals surface area contributed by atoms with Gasteiger partial charge in [-0.3, -0.25) is 0 Å². The quantitative estimate of drug-likeness (QED) is 0.500. The number of rotatable bonds is 3. The normalized spacial score (nSPS) is 11.9. The average Bonchev–Trinajstić information content (AvgIpc) is 2.17. The maximum atomic E-state index is 6.18. The van der Waals surface area contributed by atoms with Gasteiger partial charge in [0, 0.05) is 10.6 Å². The van der Waals surface area contributed by atoms with E-state index in [1.54, 1.807) is 4.82 Å². The molecule has 0 radical (unpaired) electrons. The Morgan fingerprint density at radius 3 is 1.94 bits per heavy atom. The second-order valence-corrected chi connectivity index (χ2v) is 17.6. The highest BCUT2D eigenvalue weighted by molar-refractivity contribution is 7.04. The second-order valence-electron chi connectivity index (χ2n) is 6.69. The Labute approximate surface area is 118 Å². The molecule has 0 amide bonds. The van der Waals surface area contributed by atoms with Gasteiger partial charge in [0.15, 0.2) is 0 Å². The van der Waals surface area contributed by atoms with Gasteiger partial charge in [-0.1, -0.05) is 73.9 Å². The molecule has 1 aromatic rings. The Bertz CT molecular complexity index is 468. The van der Waals surface area contributed by atoms with Crippen LogP contribution in [0, 0.1) is 0 Å². The zero-order chi connectivity index (χ0) is 14.0. The molecule has 3 heteroatoms. The van der Waals surface area contributed by atoms with Gasteiger partial charge < -0.3 is 0 Å². The van der Waals surface area contributed by atoms with Gasteiger partial charge in [-0.15, -0.1) is 5.73 Å². The van der Waals surface area contributed by atoms with Crippen molar-refractivity contribution in [3.05, 3.63) is 45.4 Å². The molecule has 0 nitrogen and oxygen atoms in total. The van der Waals surface area contributed by atoms with Crippen LogP contribution in [0.4, 0.5) is 0 Å². The number of hydrogen-bond donors (Lipinski definition) is 0. The van der Waals surface area contributed by atoms with E-state index in [0.717, 1.165) is 10.6 Å². The van der Waals surface area contributed by atoms with Gasteiger partial charge in [0.25, 0.3) is 0 Å². The maximum Gasteiger partial charge on any atom is 0.0773 e. The molecule has 0 aliphatic carbocycles. The molecule has 0 bridgehead atoms. The lowest BCUT2D eigenvalue weighted by atomic mass is 10.2. The van der Waals surface area contributed by atoms with E-state index >= 15 is 0 Å². The molecule has 0 aromatic heterocycles. The molecule has 98 valence electrons. The Hall–Kier alpha value is -0.536. The first-order valence-corrected chi connectivity index (χ1v) is 13.7. The summed E-state index contributed by atoms with van der Waals surface area (Å²) >= 11 is 6.18. The lowest BCUT2D eigenvalue weighted by Crippen LogP contribution is -2.39. The van der Waals surface area contributed by atoms with Gasteiger partial charge in [-0.2, -0.15) is 0 Å². The van der Waals surface area contributed by atoms with E-state index in [-0.39, 0.29) is 0 Å². The molecule has 0 heterocycles. The number of halogens is 1. The molecule has 0 fully saturated rings. The first-order chi connectivity index (χ1) is 8.12. The third-order valence-electron chi connectivity index (χ3n) is 2.78. The van der Waals surface area contributed by atoms with Crippen LogP contribution in [0.2, 0.25) is 44.3 Å². The van der Waals surface area contributed by atoms with E-state index in [0.29, 0.717) is 0 Å². The summed E-state index contributed by atoms with van der Waals surface area (Å²) in [7, 11) is -2.60. The van der Waals surface area contributed by atoms with Crippen LogP contribution in [0.15, 0.2) is 34.8 Å². The smallest absolute Gasteiger partial charge is 0.0773 e. The van der Waals surface area contributed by atoms with Gasteiger partial charge in [-0.25, -0.2) is 0 Å². The third kappa shape index (κ3) is 4.29. The number of hydrogen-bond acceptors (Lipinski definition) is 0. The molecule has 0 saturated heterocycles. The van der Waals surface area contributed by atoms with Crippen molar-refractivity contribution in [2.24, 2.45) is 0 Å². The summed E-state index contributed by atoms with van der Waals surface area (Å²) in [6.07, 6.45) is 2.06. The molecule has 1 rings (SSSR count). The summed E-state index contributed by atoms with van der Waals surface area (Å²) < 4.78 is 0. The Balaban J connectivity index is 3.31. The fourth-order valence-electron chi connectivity index (χ4n) is 2.30. The van der Waals surface area contributed by atoms with Crippen molar-refractivity contribution in [3.8, 4) is 0 Å². The van der Waals surface area contributed by atoms with Crippen molar-refractivity contribution in [2.45, 2.75) is 39.3 Å². The van der Waals surface area contributed by atoms with Crippen molar-refractivity contribution in [1.82, 2.24) is 0 Å². The van der Waals surface area contributed by atoms with Crippen LogP contribution < -0.4 is 0 Å². The summed E-state index contributed by atoms with van der Waals surface area (Å²) in [5, 5.41) is 0.801. The van der Waals surface area contributed by atoms with E-state index < -0.39 is 16.1 Å². The van der Waals surface area contributed by atoms with Crippen LogP contribution in [0.1, 0.15) is 5.56 Å². The Morgan fingerprint density at radius 1 is 1.00 bits per heavy atom. The predicted molar refractivity (Wildman–Crippen MR) is 89.6 cm³/mol. The monoisotopic (exact) mass is 294 g/mol. The van der Waals surface area contributed by atoms with Crippen molar-refractivity contribution in [1.29, 1.82) is 0 Å². The van der Waals surface area contributed by atoms with Crippen molar-refractivity contribution < 1.29 is 0 Å². The highest BCUT2D eigenvalue weighted by atomic mass is 35.5. The Kier molecular flexibility index (Phi) is 4.85. The summed E-state index contributed by atoms with van der Waals surface area (Å²) in [5.41, 5.74) is 4.65. The minimum atomic E-state index is -1.30.